The number of nitrogens with zero attached hydrogens (tertiary/aromatic N) is 1. The molecule has 0 amide bonds. The van der Waals surface area contributed by atoms with Crippen LogP contribution in [0.5, 0.6) is 5.75 Å². The molecule has 4 heteroatoms. The van der Waals surface area contributed by atoms with Crippen molar-refractivity contribution in [2.24, 2.45) is 0 Å². The number of ether oxygens (including phenoxy) is 1. The topological polar surface area (TPSA) is 12.5 Å². The Morgan fingerprint density at radius 2 is 1.89 bits per heavy atom. The van der Waals surface area contributed by atoms with Gasteiger partial charge in [0.2, 0.25) is 0 Å². The predicted octanol–water partition coefficient (Wildman–Crippen LogP) is 4.34. The van der Waals surface area contributed by atoms with Gasteiger partial charge in [0.15, 0.2) is 0 Å². The van der Waals surface area contributed by atoms with Crippen LogP contribution in [0.1, 0.15) is 5.56 Å². The van der Waals surface area contributed by atoms with Crippen molar-refractivity contribution in [2.75, 3.05) is 19.1 Å². The summed E-state index contributed by atoms with van der Waals surface area (Å²) in [6, 6.07) is 12.4. The molecule has 0 N–H and O–H groups in total. The van der Waals surface area contributed by atoms with Gasteiger partial charge in [-0.3, -0.25) is 0 Å². The van der Waals surface area contributed by atoms with Crippen LogP contribution in [0.15, 0.2) is 42.5 Å². The zero-order valence-corrected chi connectivity index (χ0v) is 11.6. The normalized spacial score (nSPS) is 10.3. The number of anilines is 2. The third-order valence-corrected chi connectivity index (χ3v) is 3.28. The Balaban J connectivity index is 2.52. The Morgan fingerprint density at radius 1 is 1.16 bits per heavy atom. The van der Waals surface area contributed by atoms with E-state index in [0.717, 1.165) is 11.3 Å². The van der Waals surface area contributed by atoms with Gasteiger partial charge < -0.3 is 9.64 Å². The van der Waals surface area contributed by atoms with Crippen molar-refractivity contribution in [3.8, 4) is 5.75 Å². The first-order valence-electron chi connectivity index (χ1n) is 5.89. The molecule has 0 spiro atoms. The molecule has 0 atom stereocenters. The molecule has 0 aromatic heterocycles. The van der Waals surface area contributed by atoms with E-state index >= 15 is 0 Å². The molecule has 0 aliphatic rings. The van der Waals surface area contributed by atoms with E-state index < -0.39 is 0 Å². The summed E-state index contributed by atoms with van der Waals surface area (Å²) in [4.78, 5) is 1.76. The van der Waals surface area contributed by atoms with Crippen molar-refractivity contribution >= 4 is 23.0 Å². The molecule has 2 rings (SSSR count). The minimum absolute atomic E-state index is 0.257. The molecule has 0 saturated carbocycles. The molecule has 0 aliphatic carbocycles. The third-order valence-electron chi connectivity index (χ3n) is 3.00. The zero-order chi connectivity index (χ0) is 13.8. The van der Waals surface area contributed by atoms with Crippen molar-refractivity contribution < 1.29 is 9.13 Å². The fraction of sp³-hybridized carbons (Fsp3) is 0.200. The molecule has 19 heavy (non-hydrogen) atoms. The monoisotopic (exact) mass is 279 g/mol. The highest BCUT2D eigenvalue weighted by Gasteiger charge is 2.16. The number of benzene rings is 2. The summed E-state index contributed by atoms with van der Waals surface area (Å²) >= 11 is 5.88. The second-order valence-electron chi connectivity index (χ2n) is 4.11. The molecule has 0 heterocycles. The number of hydrogen-bond acceptors (Lipinski definition) is 2. The van der Waals surface area contributed by atoms with Crippen LogP contribution in [-0.4, -0.2) is 14.2 Å². The Labute approximate surface area is 117 Å². The largest absolute Gasteiger partial charge is 0.495 e. The van der Waals surface area contributed by atoms with E-state index in [1.807, 2.05) is 30.3 Å². The van der Waals surface area contributed by atoms with E-state index in [9.17, 15) is 4.39 Å². The molecule has 100 valence electrons. The van der Waals surface area contributed by atoms with Crippen LogP contribution in [0.3, 0.4) is 0 Å². The van der Waals surface area contributed by atoms with E-state index in [-0.39, 0.29) is 11.7 Å². The van der Waals surface area contributed by atoms with Crippen molar-refractivity contribution in [1.82, 2.24) is 0 Å². The maximum atomic E-state index is 14.1. The molecule has 2 aromatic rings. The first kappa shape index (κ1) is 13.7. The van der Waals surface area contributed by atoms with Gasteiger partial charge in [-0.2, -0.15) is 0 Å². The summed E-state index contributed by atoms with van der Waals surface area (Å²) in [5.41, 5.74) is 2.01. The molecule has 0 radical (unpaired) electrons. The number of halogens is 2. The second-order valence-corrected chi connectivity index (χ2v) is 4.38. The van der Waals surface area contributed by atoms with Crippen molar-refractivity contribution in [3.05, 3.63) is 53.8 Å². The quantitative estimate of drug-likeness (QED) is 0.772. The number of alkyl halides is 1. The van der Waals surface area contributed by atoms with Crippen molar-refractivity contribution in [1.29, 1.82) is 0 Å². The lowest BCUT2D eigenvalue weighted by Gasteiger charge is -2.24. The molecule has 2 aromatic carbocycles. The fourth-order valence-electron chi connectivity index (χ4n) is 2.07. The Morgan fingerprint density at radius 3 is 2.58 bits per heavy atom. The average molecular weight is 280 g/mol. The van der Waals surface area contributed by atoms with Gasteiger partial charge in [-0.15, -0.1) is 11.6 Å². The van der Waals surface area contributed by atoms with Gasteiger partial charge in [0.05, 0.1) is 18.5 Å². The first-order chi connectivity index (χ1) is 9.19. The molecule has 0 saturated heterocycles. The van der Waals surface area contributed by atoms with E-state index in [2.05, 4.69) is 0 Å². The van der Waals surface area contributed by atoms with Crippen LogP contribution in [0.25, 0.3) is 0 Å². The molecule has 0 unspecified atom stereocenters. The molecule has 0 fully saturated rings. The van der Waals surface area contributed by atoms with Gasteiger partial charge in [-0.05, 0) is 23.8 Å². The van der Waals surface area contributed by atoms with Gasteiger partial charge >= 0.3 is 0 Å². The third kappa shape index (κ3) is 2.66. The summed E-state index contributed by atoms with van der Waals surface area (Å²) in [5, 5.41) is 0. The highest BCUT2D eigenvalue weighted by atomic mass is 35.5. The molecule has 0 bridgehead atoms. The number of para-hydroxylation sites is 3. The molecule has 0 aliphatic heterocycles. The summed E-state index contributed by atoms with van der Waals surface area (Å²) in [7, 11) is 3.39. The van der Waals surface area contributed by atoms with Gasteiger partial charge in [0.25, 0.3) is 0 Å². The predicted molar refractivity (Wildman–Crippen MR) is 77.0 cm³/mol. The summed E-state index contributed by atoms with van der Waals surface area (Å²) in [6.45, 7) is 0. The van der Waals surface area contributed by atoms with Crippen LogP contribution in [-0.2, 0) is 5.88 Å². The lowest BCUT2D eigenvalue weighted by Crippen LogP contribution is -2.14. The SMILES string of the molecule is COc1ccccc1N(C)c1c(F)cccc1CCl. The lowest BCUT2D eigenvalue weighted by molar-refractivity contribution is 0.415. The van der Waals surface area contributed by atoms with Crippen LogP contribution >= 0.6 is 11.6 Å². The van der Waals surface area contributed by atoms with Crippen LogP contribution in [0.2, 0.25) is 0 Å². The van der Waals surface area contributed by atoms with E-state index in [1.54, 1.807) is 25.1 Å². The van der Waals surface area contributed by atoms with E-state index in [0.29, 0.717) is 11.4 Å². The van der Waals surface area contributed by atoms with Crippen LogP contribution < -0.4 is 9.64 Å². The highest BCUT2D eigenvalue weighted by molar-refractivity contribution is 6.17. The zero-order valence-electron chi connectivity index (χ0n) is 10.9. The van der Waals surface area contributed by atoms with Gasteiger partial charge in [-0.25, -0.2) is 4.39 Å². The van der Waals surface area contributed by atoms with Crippen molar-refractivity contribution in [2.45, 2.75) is 5.88 Å². The van der Waals surface area contributed by atoms with E-state index in [1.165, 1.54) is 6.07 Å². The Kier molecular flexibility index (Phi) is 4.27. The highest BCUT2D eigenvalue weighted by Crippen LogP contribution is 2.35. The molecule has 2 nitrogen and oxygen atoms in total. The number of methoxy groups -OCH3 is 1. The van der Waals surface area contributed by atoms with Gasteiger partial charge in [0, 0.05) is 12.9 Å². The van der Waals surface area contributed by atoms with Gasteiger partial charge in [0.1, 0.15) is 11.6 Å². The summed E-state index contributed by atoms with van der Waals surface area (Å²) in [6.07, 6.45) is 0. The minimum atomic E-state index is -0.299. The fourth-order valence-corrected chi connectivity index (χ4v) is 2.29. The minimum Gasteiger partial charge on any atom is -0.495 e. The Bertz CT molecular complexity index is 574. The molecular weight excluding hydrogens is 265 g/mol. The van der Waals surface area contributed by atoms with Crippen LogP contribution in [0.4, 0.5) is 15.8 Å². The number of hydrogen-bond donors (Lipinski definition) is 0. The van der Waals surface area contributed by atoms with Crippen molar-refractivity contribution in [3.63, 3.8) is 0 Å². The lowest BCUT2D eigenvalue weighted by atomic mass is 10.1. The average Bonchev–Trinajstić information content (AvgIpc) is 2.46. The van der Waals surface area contributed by atoms with Gasteiger partial charge in [-0.1, -0.05) is 24.3 Å². The van der Waals surface area contributed by atoms with Crippen LogP contribution in [0, 0.1) is 5.82 Å². The maximum absolute atomic E-state index is 14.1. The number of rotatable bonds is 4. The second kappa shape index (κ2) is 5.93. The maximum Gasteiger partial charge on any atom is 0.147 e. The first-order valence-corrected chi connectivity index (χ1v) is 6.42. The van der Waals surface area contributed by atoms with E-state index in [4.69, 9.17) is 16.3 Å². The summed E-state index contributed by atoms with van der Waals surface area (Å²) in [5.74, 6) is 0.646. The standard InChI is InChI=1S/C15H15ClFNO/c1-18(13-8-3-4-9-14(13)19-2)15-11(10-16)6-5-7-12(15)17/h3-9H,10H2,1-2H3. The molecular formula is C15H15ClFNO. The Hall–Kier alpha value is -1.74. The summed E-state index contributed by atoms with van der Waals surface area (Å²) < 4.78 is 19.4. The smallest absolute Gasteiger partial charge is 0.147 e.